The first-order valence-electron chi connectivity index (χ1n) is 5.50. The number of benzene rings is 1. The molecule has 0 bridgehead atoms. The Morgan fingerprint density at radius 1 is 1.22 bits per heavy atom. The van der Waals surface area contributed by atoms with Crippen molar-refractivity contribution < 1.29 is 9.18 Å². The fourth-order valence-corrected chi connectivity index (χ4v) is 1.88. The van der Waals surface area contributed by atoms with Crippen molar-refractivity contribution >= 4 is 21.7 Å². The number of halogens is 2. The number of nitrogens with zero attached hydrogens (tertiary/aromatic N) is 1. The molecule has 0 radical (unpaired) electrons. The Hall–Kier alpha value is -1.55. The highest BCUT2D eigenvalue weighted by Crippen LogP contribution is 2.10. The Morgan fingerprint density at radius 2 is 2.06 bits per heavy atom. The lowest BCUT2D eigenvalue weighted by Crippen LogP contribution is -2.07. The molecule has 4 heteroatoms. The lowest BCUT2D eigenvalue weighted by molar-refractivity contribution is -0.117. The predicted octanol–water partition coefficient (Wildman–Crippen LogP) is 3.34. The first kappa shape index (κ1) is 12.9. The normalized spacial score (nSPS) is 10.3. The summed E-state index contributed by atoms with van der Waals surface area (Å²) >= 11 is 3.28. The zero-order valence-electron chi connectivity index (χ0n) is 9.57. The van der Waals surface area contributed by atoms with Crippen molar-refractivity contribution in [2.75, 3.05) is 0 Å². The standard InChI is InChI=1S/C14H11BrFNO/c15-11-4-5-13(17-9-11)8-14(18)7-10-2-1-3-12(16)6-10/h1-6,9H,7-8H2. The number of pyridine rings is 1. The molecule has 1 aromatic heterocycles. The van der Waals surface area contributed by atoms with Crippen molar-refractivity contribution in [3.05, 3.63) is 64.1 Å². The van der Waals surface area contributed by atoms with E-state index in [-0.39, 0.29) is 24.4 Å². The Bertz CT molecular complexity index is 554. The molecule has 92 valence electrons. The topological polar surface area (TPSA) is 30.0 Å². The van der Waals surface area contributed by atoms with Crippen LogP contribution < -0.4 is 0 Å². The van der Waals surface area contributed by atoms with Crippen LogP contribution in [0, 0.1) is 5.82 Å². The summed E-state index contributed by atoms with van der Waals surface area (Å²) in [5.74, 6) is -0.294. The summed E-state index contributed by atoms with van der Waals surface area (Å²) in [6.07, 6.45) is 2.16. The molecule has 0 saturated carbocycles. The van der Waals surface area contributed by atoms with E-state index in [0.29, 0.717) is 5.56 Å². The van der Waals surface area contributed by atoms with Crippen molar-refractivity contribution in [2.45, 2.75) is 12.8 Å². The minimum Gasteiger partial charge on any atom is -0.299 e. The third-order valence-corrected chi connectivity index (χ3v) is 2.93. The lowest BCUT2D eigenvalue weighted by atomic mass is 10.1. The molecule has 0 N–H and O–H groups in total. The zero-order valence-corrected chi connectivity index (χ0v) is 11.2. The maximum Gasteiger partial charge on any atom is 0.143 e. The maximum atomic E-state index is 13.0. The van der Waals surface area contributed by atoms with Gasteiger partial charge in [0.05, 0.1) is 0 Å². The fraction of sp³-hybridized carbons (Fsp3) is 0.143. The fourth-order valence-electron chi connectivity index (χ4n) is 1.65. The molecule has 0 aliphatic rings. The molecule has 0 fully saturated rings. The number of Topliss-reactive ketones (excluding diaryl/α,β-unsaturated/α-hetero) is 1. The van der Waals surface area contributed by atoms with Gasteiger partial charge in [0.15, 0.2) is 0 Å². The second kappa shape index (κ2) is 5.87. The molecule has 0 aliphatic carbocycles. The minimum atomic E-state index is -0.318. The van der Waals surface area contributed by atoms with Gasteiger partial charge in [-0.2, -0.15) is 0 Å². The van der Waals surface area contributed by atoms with Crippen LogP contribution >= 0.6 is 15.9 Å². The monoisotopic (exact) mass is 307 g/mol. The summed E-state index contributed by atoms with van der Waals surface area (Å²) in [5.41, 5.74) is 1.41. The molecular formula is C14H11BrFNO. The SMILES string of the molecule is O=C(Cc1cccc(F)c1)Cc1ccc(Br)cn1. The van der Waals surface area contributed by atoms with Gasteiger partial charge in [0.25, 0.3) is 0 Å². The van der Waals surface area contributed by atoms with Gasteiger partial charge in [0.1, 0.15) is 11.6 Å². The van der Waals surface area contributed by atoms with Gasteiger partial charge in [-0.3, -0.25) is 9.78 Å². The molecule has 18 heavy (non-hydrogen) atoms. The molecule has 1 aromatic carbocycles. The Kier molecular flexibility index (Phi) is 4.20. The van der Waals surface area contributed by atoms with E-state index in [1.54, 1.807) is 24.4 Å². The smallest absolute Gasteiger partial charge is 0.143 e. The number of carbonyl (C=O) groups is 1. The number of aromatic nitrogens is 1. The van der Waals surface area contributed by atoms with Gasteiger partial charge in [0.2, 0.25) is 0 Å². The number of carbonyl (C=O) groups excluding carboxylic acids is 1. The molecule has 1 heterocycles. The van der Waals surface area contributed by atoms with Crippen molar-refractivity contribution in [1.82, 2.24) is 4.98 Å². The molecule has 2 nitrogen and oxygen atoms in total. The Morgan fingerprint density at radius 3 is 2.72 bits per heavy atom. The molecule has 2 aromatic rings. The van der Waals surface area contributed by atoms with Gasteiger partial charge in [-0.05, 0) is 45.8 Å². The average Bonchev–Trinajstić information content (AvgIpc) is 2.32. The first-order valence-corrected chi connectivity index (χ1v) is 6.29. The number of rotatable bonds is 4. The molecule has 0 aliphatic heterocycles. The molecule has 0 amide bonds. The van der Waals surface area contributed by atoms with E-state index < -0.39 is 0 Å². The summed E-state index contributed by atoms with van der Waals surface area (Å²) in [4.78, 5) is 15.9. The zero-order chi connectivity index (χ0) is 13.0. The number of hydrogen-bond acceptors (Lipinski definition) is 2. The highest BCUT2D eigenvalue weighted by Gasteiger charge is 2.06. The van der Waals surface area contributed by atoms with Crippen molar-refractivity contribution in [3.63, 3.8) is 0 Å². The van der Waals surface area contributed by atoms with Crippen LogP contribution in [0.15, 0.2) is 47.1 Å². The highest BCUT2D eigenvalue weighted by molar-refractivity contribution is 9.10. The molecule has 0 unspecified atom stereocenters. The summed E-state index contributed by atoms with van der Waals surface area (Å²) < 4.78 is 13.8. The molecule has 2 rings (SSSR count). The van der Waals surface area contributed by atoms with Crippen LogP contribution in [0.1, 0.15) is 11.3 Å². The van der Waals surface area contributed by atoms with Crippen molar-refractivity contribution in [2.24, 2.45) is 0 Å². The van der Waals surface area contributed by atoms with Crippen LogP contribution in [-0.4, -0.2) is 10.8 Å². The third-order valence-electron chi connectivity index (χ3n) is 2.46. The van der Waals surface area contributed by atoms with Gasteiger partial charge in [-0.25, -0.2) is 4.39 Å². The van der Waals surface area contributed by atoms with Crippen LogP contribution in [0.2, 0.25) is 0 Å². The van der Waals surface area contributed by atoms with Crippen LogP contribution in [0.4, 0.5) is 4.39 Å². The second-order valence-corrected chi connectivity index (χ2v) is 4.91. The lowest BCUT2D eigenvalue weighted by Gasteiger charge is -2.02. The largest absolute Gasteiger partial charge is 0.299 e. The molecular weight excluding hydrogens is 297 g/mol. The van der Waals surface area contributed by atoms with Gasteiger partial charge >= 0.3 is 0 Å². The summed E-state index contributed by atoms with van der Waals surface area (Å²) in [6, 6.07) is 9.74. The van der Waals surface area contributed by atoms with E-state index in [9.17, 15) is 9.18 Å². The van der Waals surface area contributed by atoms with E-state index in [1.165, 1.54) is 12.1 Å². The second-order valence-electron chi connectivity index (χ2n) is 3.99. The van der Waals surface area contributed by atoms with E-state index in [2.05, 4.69) is 20.9 Å². The quantitative estimate of drug-likeness (QED) is 0.867. The van der Waals surface area contributed by atoms with Crippen molar-refractivity contribution in [1.29, 1.82) is 0 Å². The van der Waals surface area contributed by atoms with Crippen molar-refractivity contribution in [3.8, 4) is 0 Å². The summed E-state index contributed by atoms with van der Waals surface area (Å²) in [5, 5.41) is 0. The van der Waals surface area contributed by atoms with Crippen LogP contribution in [0.5, 0.6) is 0 Å². The first-order chi connectivity index (χ1) is 8.63. The van der Waals surface area contributed by atoms with Gasteiger partial charge < -0.3 is 0 Å². The van der Waals surface area contributed by atoms with Crippen LogP contribution in [0.25, 0.3) is 0 Å². The van der Waals surface area contributed by atoms with E-state index in [4.69, 9.17) is 0 Å². The van der Waals surface area contributed by atoms with E-state index in [1.807, 2.05) is 6.07 Å². The van der Waals surface area contributed by atoms with Crippen LogP contribution in [0.3, 0.4) is 0 Å². The van der Waals surface area contributed by atoms with Gasteiger partial charge in [0, 0.05) is 29.2 Å². The summed E-state index contributed by atoms with van der Waals surface area (Å²) in [7, 11) is 0. The minimum absolute atomic E-state index is 0.0235. The predicted molar refractivity (Wildman–Crippen MR) is 70.8 cm³/mol. The molecule has 0 atom stereocenters. The molecule has 0 spiro atoms. The molecule has 0 saturated heterocycles. The average molecular weight is 308 g/mol. The van der Waals surface area contributed by atoms with E-state index in [0.717, 1.165) is 10.2 Å². The summed E-state index contributed by atoms with van der Waals surface area (Å²) in [6.45, 7) is 0. The number of hydrogen-bond donors (Lipinski definition) is 0. The van der Waals surface area contributed by atoms with Gasteiger partial charge in [-0.1, -0.05) is 12.1 Å². The third kappa shape index (κ3) is 3.74. The van der Waals surface area contributed by atoms with Crippen LogP contribution in [-0.2, 0) is 17.6 Å². The highest BCUT2D eigenvalue weighted by atomic mass is 79.9. The number of ketones is 1. The maximum absolute atomic E-state index is 13.0. The van der Waals surface area contributed by atoms with Gasteiger partial charge in [-0.15, -0.1) is 0 Å². The van der Waals surface area contributed by atoms with E-state index >= 15 is 0 Å². The Labute approximate surface area is 113 Å². The Balaban J connectivity index is 1.98.